The molecule has 0 amide bonds. The van der Waals surface area contributed by atoms with Crippen LogP contribution in [0.25, 0.3) is 0 Å². The molecule has 0 saturated heterocycles. The first-order chi connectivity index (χ1) is 13.2. The molecule has 2 N–H and O–H groups in total. The van der Waals surface area contributed by atoms with Crippen molar-refractivity contribution in [2.45, 2.75) is 31.9 Å². The number of aliphatic imine (C=N–C) groups is 1. The van der Waals surface area contributed by atoms with Gasteiger partial charge in [-0.05, 0) is 31.9 Å². The Balaban J connectivity index is 0.00000392. The lowest BCUT2D eigenvalue weighted by Crippen LogP contribution is -2.45. The Labute approximate surface area is 186 Å². The van der Waals surface area contributed by atoms with Gasteiger partial charge in [-0.1, -0.05) is 12.1 Å². The lowest BCUT2D eigenvalue weighted by molar-refractivity contribution is 0.144. The zero-order valence-electron chi connectivity index (χ0n) is 17.4. The zero-order chi connectivity index (χ0) is 19.5. The molecule has 7 nitrogen and oxygen atoms in total. The minimum atomic E-state index is -0.0236. The standard InChI is InChI=1S/C20H34N4O3.HI/c1-16(27-19-8-6-5-7-18(19)26-4)15-23-20(21-2)22-11-12-24(13-14-25-3)17-9-10-17;/h5-8,16-17H,9-15H2,1-4H3,(H2,21,22,23);1H. The third-order valence-electron chi connectivity index (χ3n) is 4.52. The second-order valence-electron chi connectivity index (χ2n) is 6.72. The summed E-state index contributed by atoms with van der Waals surface area (Å²) in [6.45, 7) is 6.27. The van der Waals surface area contributed by atoms with Gasteiger partial charge in [0.25, 0.3) is 0 Å². The molecule has 0 aliphatic heterocycles. The third kappa shape index (κ3) is 8.83. The van der Waals surface area contributed by atoms with Crippen LogP contribution in [0.5, 0.6) is 11.5 Å². The van der Waals surface area contributed by atoms with E-state index in [0.717, 1.165) is 49.7 Å². The van der Waals surface area contributed by atoms with Gasteiger partial charge < -0.3 is 24.8 Å². The van der Waals surface area contributed by atoms with E-state index in [4.69, 9.17) is 14.2 Å². The van der Waals surface area contributed by atoms with Crippen LogP contribution in [-0.2, 0) is 4.74 Å². The summed E-state index contributed by atoms with van der Waals surface area (Å²) in [6, 6.07) is 8.40. The van der Waals surface area contributed by atoms with Crippen molar-refractivity contribution >= 4 is 29.9 Å². The van der Waals surface area contributed by atoms with Gasteiger partial charge in [0, 0.05) is 39.8 Å². The summed E-state index contributed by atoms with van der Waals surface area (Å²) < 4.78 is 16.5. The summed E-state index contributed by atoms with van der Waals surface area (Å²) in [7, 11) is 5.18. The fourth-order valence-corrected chi connectivity index (χ4v) is 2.88. The average Bonchev–Trinajstić information content (AvgIpc) is 3.52. The molecule has 8 heteroatoms. The van der Waals surface area contributed by atoms with E-state index in [1.54, 1.807) is 21.3 Å². The largest absolute Gasteiger partial charge is 0.493 e. The first kappa shape index (κ1) is 24.8. The minimum absolute atomic E-state index is 0. The number of methoxy groups -OCH3 is 2. The van der Waals surface area contributed by atoms with Gasteiger partial charge in [0.05, 0.1) is 20.3 Å². The number of rotatable bonds is 12. The van der Waals surface area contributed by atoms with Gasteiger partial charge in [-0.15, -0.1) is 24.0 Å². The molecule has 1 saturated carbocycles. The number of nitrogens with one attached hydrogen (secondary N) is 2. The zero-order valence-corrected chi connectivity index (χ0v) is 19.8. The van der Waals surface area contributed by atoms with Gasteiger partial charge in [-0.3, -0.25) is 9.89 Å². The molecule has 0 heterocycles. The molecule has 0 bridgehead atoms. The maximum absolute atomic E-state index is 5.97. The van der Waals surface area contributed by atoms with E-state index in [-0.39, 0.29) is 30.1 Å². The molecule has 0 spiro atoms. The number of para-hydroxylation sites is 2. The number of benzene rings is 1. The van der Waals surface area contributed by atoms with E-state index in [2.05, 4.69) is 20.5 Å². The van der Waals surface area contributed by atoms with Crippen molar-refractivity contribution in [1.82, 2.24) is 15.5 Å². The maximum Gasteiger partial charge on any atom is 0.191 e. The van der Waals surface area contributed by atoms with Crippen LogP contribution < -0.4 is 20.1 Å². The van der Waals surface area contributed by atoms with Gasteiger partial charge in [0.15, 0.2) is 17.5 Å². The van der Waals surface area contributed by atoms with E-state index >= 15 is 0 Å². The van der Waals surface area contributed by atoms with Crippen LogP contribution in [0.15, 0.2) is 29.3 Å². The predicted molar refractivity (Wildman–Crippen MR) is 124 cm³/mol. The molecule has 2 rings (SSSR count). The Hall–Kier alpha value is -1.26. The van der Waals surface area contributed by atoms with Crippen LogP contribution in [0, 0.1) is 0 Å². The van der Waals surface area contributed by atoms with Crippen molar-refractivity contribution in [2.75, 3.05) is 54.1 Å². The molecule has 1 aromatic carbocycles. The summed E-state index contributed by atoms with van der Waals surface area (Å²) in [5.41, 5.74) is 0. The van der Waals surface area contributed by atoms with Gasteiger partial charge in [-0.25, -0.2) is 0 Å². The summed E-state index contributed by atoms with van der Waals surface area (Å²) >= 11 is 0. The predicted octanol–water partition coefficient (Wildman–Crippen LogP) is 2.36. The lowest BCUT2D eigenvalue weighted by Gasteiger charge is -2.23. The normalized spacial score (nSPS) is 15.0. The van der Waals surface area contributed by atoms with Crippen LogP contribution in [0.3, 0.4) is 0 Å². The summed E-state index contributed by atoms with van der Waals surface area (Å²) in [5, 5.41) is 6.70. The topological polar surface area (TPSA) is 67.4 Å². The second-order valence-corrected chi connectivity index (χ2v) is 6.72. The van der Waals surface area contributed by atoms with Crippen LogP contribution in [-0.4, -0.2) is 77.1 Å². The lowest BCUT2D eigenvalue weighted by atomic mass is 10.3. The fraction of sp³-hybridized carbons (Fsp3) is 0.650. The summed E-state index contributed by atoms with van der Waals surface area (Å²) in [5.74, 6) is 2.27. The first-order valence-electron chi connectivity index (χ1n) is 9.65. The molecular weight excluding hydrogens is 471 g/mol. The Morgan fingerprint density at radius 1 is 1.18 bits per heavy atom. The summed E-state index contributed by atoms with van der Waals surface area (Å²) in [6.07, 6.45) is 2.58. The number of hydrogen-bond donors (Lipinski definition) is 2. The number of guanidine groups is 1. The fourth-order valence-electron chi connectivity index (χ4n) is 2.88. The van der Waals surface area contributed by atoms with Crippen molar-refractivity contribution in [3.8, 4) is 11.5 Å². The second kappa shape index (κ2) is 13.8. The van der Waals surface area contributed by atoms with Crippen LogP contribution in [0.1, 0.15) is 19.8 Å². The Kier molecular flexibility index (Phi) is 12.2. The van der Waals surface area contributed by atoms with E-state index < -0.39 is 0 Å². The van der Waals surface area contributed by atoms with Crippen molar-refractivity contribution in [3.63, 3.8) is 0 Å². The number of ether oxygens (including phenoxy) is 3. The van der Waals surface area contributed by atoms with Gasteiger partial charge in [0.2, 0.25) is 0 Å². The van der Waals surface area contributed by atoms with E-state index in [9.17, 15) is 0 Å². The quantitative estimate of drug-likeness (QED) is 0.258. The Bertz CT molecular complexity index is 584. The third-order valence-corrected chi connectivity index (χ3v) is 4.52. The maximum atomic E-state index is 5.97. The SMILES string of the molecule is CN=C(NCCN(CCOC)C1CC1)NCC(C)Oc1ccccc1OC.I. The van der Waals surface area contributed by atoms with E-state index in [1.807, 2.05) is 31.2 Å². The van der Waals surface area contributed by atoms with Crippen LogP contribution in [0.4, 0.5) is 0 Å². The number of hydrogen-bond acceptors (Lipinski definition) is 5. The van der Waals surface area contributed by atoms with Gasteiger partial charge >= 0.3 is 0 Å². The van der Waals surface area contributed by atoms with E-state index in [1.165, 1.54) is 12.8 Å². The van der Waals surface area contributed by atoms with Crippen LogP contribution in [0.2, 0.25) is 0 Å². The molecule has 1 unspecified atom stereocenters. The monoisotopic (exact) mass is 506 g/mol. The minimum Gasteiger partial charge on any atom is -0.493 e. The smallest absolute Gasteiger partial charge is 0.191 e. The van der Waals surface area contributed by atoms with E-state index in [0.29, 0.717) is 6.54 Å². The number of halogens is 1. The molecule has 0 radical (unpaired) electrons. The molecule has 28 heavy (non-hydrogen) atoms. The molecular formula is C20H35IN4O3. The first-order valence-corrected chi connectivity index (χ1v) is 9.65. The molecule has 1 aromatic rings. The highest BCUT2D eigenvalue weighted by molar-refractivity contribution is 14.0. The van der Waals surface area contributed by atoms with Gasteiger partial charge in [-0.2, -0.15) is 0 Å². The Morgan fingerprint density at radius 3 is 2.50 bits per heavy atom. The number of nitrogens with zero attached hydrogens (tertiary/aromatic N) is 2. The van der Waals surface area contributed by atoms with Crippen molar-refractivity contribution in [3.05, 3.63) is 24.3 Å². The highest BCUT2D eigenvalue weighted by Gasteiger charge is 2.28. The highest BCUT2D eigenvalue weighted by Crippen LogP contribution is 2.27. The van der Waals surface area contributed by atoms with Crippen LogP contribution >= 0.6 is 24.0 Å². The highest BCUT2D eigenvalue weighted by atomic mass is 127. The van der Waals surface area contributed by atoms with Crippen molar-refractivity contribution in [1.29, 1.82) is 0 Å². The molecule has 1 atom stereocenters. The van der Waals surface area contributed by atoms with Crippen molar-refractivity contribution in [2.24, 2.45) is 4.99 Å². The van der Waals surface area contributed by atoms with Gasteiger partial charge in [0.1, 0.15) is 6.10 Å². The average molecular weight is 506 g/mol. The molecule has 160 valence electrons. The molecule has 1 aliphatic carbocycles. The van der Waals surface area contributed by atoms with Crippen molar-refractivity contribution < 1.29 is 14.2 Å². The Morgan fingerprint density at radius 2 is 1.89 bits per heavy atom. The molecule has 1 aliphatic rings. The summed E-state index contributed by atoms with van der Waals surface area (Å²) in [4.78, 5) is 6.77. The molecule has 1 fully saturated rings. The molecule has 0 aromatic heterocycles.